The van der Waals surface area contributed by atoms with Crippen LogP contribution in [0.1, 0.15) is 12.8 Å². The number of hydrogen-bond acceptors (Lipinski definition) is 3. The van der Waals surface area contributed by atoms with Crippen molar-refractivity contribution in [3.63, 3.8) is 0 Å². The highest BCUT2D eigenvalue weighted by Crippen LogP contribution is 2.20. The zero-order valence-electron chi connectivity index (χ0n) is 9.90. The summed E-state index contributed by atoms with van der Waals surface area (Å²) >= 11 is 3.38. The Morgan fingerprint density at radius 2 is 2.17 bits per heavy atom. The summed E-state index contributed by atoms with van der Waals surface area (Å²) in [5, 5.41) is 11.9. The van der Waals surface area contributed by atoms with Gasteiger partial charge in [0, 0.05) is 16.7 Å². The summed E-state index contributed by atoms with van der Waals surface area (Å²) < 4.78 is 0.986. The third-order valence-electron chi connectivity index (χ3n) is 2.95. The summed E-state index contributed by atoms with van der Waals surface area (Å²) in [6.07, 6.45) is 1.11. The van der Waals surface area contributed by atoms with Crippen LogP contribution in [-0.4, -0.2) is 25.0 Å². The molecular weight excluding hydrogens is 294 g/mol. The molecule has 1 amide bonds. The van der Waals surface area contributed by atoms with Crippen LogP contribution in [0.25, 0.3) is 0 Å². The molecule has 1 saturated heterocycles. The predicted octanol–water partition coefficient (Wildman–Crippen LogP) is 2.06. The van der Waals surface area contributed by atoms with Crippen molar-refractivity contribution in [3.8, 4) is 6.07 Å². The van der Waals surface area contributed by atoms with E-state index in [0.717, 1.165) is 23.1 Å². The summed E-state index contributed by atoms with van der Waals surface area (Å²) in [4.78, 5) is 14.1. The van der Waals surface area contributed by atoms with E-state index >= 15 is 0 Å². The fourth-order valence-electron chi connectivity index (χ4n) is 2.03. The molecule has 1 N–H and O–H groups in total. The van der Waals surface area contributed by atoms with Crippen LogP contribution in [-0.2, 0) is 4.79 Å². The average Bonchev–Trinajstić information content (AvgIpc) is 2.55. The molecule has 1 unspecified atom stereocenters. The Labute approximate surface area is 115 Å². The number of carbonyl (C=O) groups excluding carboxylic acids is 1. The van der Waals surface area contributed by atoms with Gasteiger partial charge >= 0.3 is 0 Å². The van der Waals surface area contributed by atoms with Gasteiger partial charge in [-0.1, -0.05) is 15.9 Å². The van der Waals surface area contributed by atoms with E-state index < -0.39 is 0 Å². The number of hydrogen-bond donors (Lipinski definition) is 1. The molecule has 0 spiro atoms. The number of anilines is 1. The summed E-state index contributed by atoms with van der Waals surface area (Å²) in [5.74, 6) is -0.0172. The Morgan fingerprint density at radius 1 is 1.44 bits per heavy atom. The number of carbonyl (C=O) groups is 1. The molecule has 0 radical (unpaired) electrons. The van der Waals surface area contributed by atoms with Crippen LogP contribution in [0.5, 0.6) is 0 Å². The quantitative estimate of drug-likeness (QED) is 0.910. The lowest BCUT2D eigenvalue weighted by molar-refractivity contribution is -0.120. The Balaban J connectivity index is 2.22. The first-order chi connectivity index (χ1) is 8.72. The smallest absolute Gasteiger partial charge is 0.245 e. The lowest BCUT2D eigenvalue weighted by Gasteiger charge is -2.23. The first-order valence-corrected chi connectivity index (χ1v) is 6.69. The zero-order valence-corrected chi connectivity index (χ0v) is 11.5. The number of nitrogens with zero attached hydrogens (tertiary/aromatic N) is 2. The Kier molecular flexibility index (Phi) is 4.34. The lowest BCUT2D eigenvalue weighted by atomic mass is 10.2. The molecule has 94 valence electrons. The van der Waals surface area contributed by atoms with Crippen molar-refractivity contribution in [2.24, 2.45) is 0 Å². The lowest BCUT2D eigenvalue weighted by Crippen LogP contribution is -2.43. The summed E-state index contributed by atoms with van der Waals surface area (Å²) in [7, 11) is 0. The molecule has 1 aliphatic heterocycles. The second-order valence-corrected chi connectivity index (χ2v) is 5.10. The highest BCUT2D eigenvalue weighted by atomic mass is 79.9. The minimum absolute atomic E-state index is 0.0172. The van der Waals surface area contributed by atoms with Crippen molar-refractivity contribution in [1.82, 2.24) is 5.32 Å². The first kappa shape index (κ1) is 13.1. The van der Waals surface area contributed by atoms with E-state index in [9.17, 15) is 4.79 Å². The van der Waals surface area contributed by atoms with E-state index in [0.29, 0.717) is 6.54 Å². The van der Waals surface area contributed by atoms with E-state index in [-0.39, 0.29) is 18.4 Å². The van der Waals surface area contributed by atoms with Gasteiger partial charge in [-0.2, -0.15) is 5.26 Å². The molecule has 0 saturated carbocycles. The molecule has 1 atom stereocenters. The predicted molar refractivity (Wildman–Crippen MR) is 73.1 cm³/mol. The van der Waals surface area contributed by atoms with Crippen LogP contribution in [0.2, 0.25) is 0 Å². The largest absolute Gasteiger partial charge is 0.311 e. The maximum atomic E-state index is 12.3. The van der Waals surface area contributed by atoms with Crippen LogP contribution in [0, 0.1) is 11.3 Å². The van der Waals surface area contributed by atoms with Gasteiger partial charge in [-0.05, 0) is 37.2 Å². The second-order valence-electron chi connectivity index (χ2n) is 4.19. The van der Waals surface area contributed by atoms with E-state index in [1.54, 1.807) is 4.90 Å². The van der Waals surface area contributed by atoms with Crippen LogP contribution in [0.15, 0.2) is 28.7 Å². The molecule has 1 aromatic carbocycles. The van der Waals surface area contributed by atoms with Crippen molar-refractivity contribution < 1.29 is 4.79 Å². The van der Waals surface area contributed by atoms with Gasteiger partial charge in [0.2, 0.25) is 5.91 Å². The molecule has 1 heterocycles. The number of rotatable bonds is 2. The highest BCUT2D eigenvalue weighted by Gasteiger charge is 2.27. The van der Waals surface area contributed by atoms with Gasteiger partial charge in [-0.25, -0.2) is 0 Å². The fourth-order valence-corrected chi connectivity index (χ4v) is 2.29. The third kappa shape index (κ3) is 2.89. The van der Waals surface area contributed by atoms with Crippen LogP contribution < -0.4 is 10.2 Å². The molecule has 18 heavy (non-hydrogen) atoms. The summed E-state index contributed by atoms with van der Waals surface area (Å²) in [6, 6.07) is 9.33. The van der Waals surface area contributed by atoms with E-state index in [1.165, 1.54) is 0 Å². The normalized spacial score (nSPS) is 20.3. The maximum absolute atomic E-state index is 12.3. The van der Waals surface area contributed by atoms with Gasteiger partial charge in [-0.15, -0.1) is 0 Å². The topological polar surface area (TPSA) is 56.1 Å². The van der Waals surface area contributed by atoms with Gasteiger partial charge in [0.1, 0.15) is 6.04 Å². The zero-order chi connectivity index (χ0) is 13.0. The van der Waals surface area contributed by atoms with Crippen molar-refractivity contribution >= 4 is 27.5 Å². The van der Waals surface area contributed by atoms with E-state index in [2.05, 4.69) is 27.3 Å². The van der Waals surface area contributed by atoms with E-state index in [4.69, 9.17) is 5.26 Å². The molecule has 5 heteroatoms. The van der Waals surface area contributed by atoms with Gasteiger partial charge in [-0.3, -0.25) is 4.79 Å². The van der Waals surface area contributed by atoms with Gasteiger partial charge < -0.3 is 10.2 Å². The minimum Gasteiger partial charge on any atom is -0.311 e. The molecule has 0 bridgehead atoms. The molecule has 4 nitrogen and oxygen atoms in total. The van der Waals surface area contributed by atoms with Gasteiger partial charge in [0.15, 0.2) is 0 Å². The Morgan fingerprint density at radius 3 is 2.83 bits per heavy atom. The molecule has 1 aromatic rings. The summed E-state index contributed by atoms with van der Waals surface area (Å²) in [5.41, 5.74) is 0.884. The van der Waals surface area contributed by atoms with Crippen LogP contribution in [0.3, 0.4) is 0 Å². The van der Waals surface area contributed by atoms with Crippen LogP contribution in [0.4, 0.5) is 5.69 Å². The Bertz CT molecular complexity index is 466. The summed E-state index contributed by atoms with van der Waals surface area (Å²) in [6.45, 7) is 1.46. The first-order valence-electron chi connectivity index (χ1n) is 5.89. The standard InChI is InChI=1S/C13H14BrN3O/c14-10-2-4-11(5-3-10)17-9-1-8-16-12(6-7-15)13(17)18/h2-5,12,16H,1,6,8-9H2. The van der Waals surface area contributed by atoms with Crippen LogP contribution >= 0.6 is 15.9 Å². The molecule has 0 aliphatic carbocycles. The Hall–Kier alpha value is -1.38. The molecule has 1 aliphatic rings. The number of halogens is 1. The molecule has 0 aromatic heterocycles. The van der Waals surface area contributed by atoms with Crippen molar-refractivity contribution in [1.29, 1.82) is 5.26 Å². The van der Waals surface area contributed by atoms with E-state index in [1.807, 2.05) is 24.3 Å². The number of benzene rings is 1. The monoisotopic (exact) mass is 307 g/mol. The SMILES string of the molecule is N#CCC1NCCCN(c2ccc(Br)cc2)C1=O. The number of nitriles is 1. The fraction of sp³-hybridized carbons (Fsp3) is 0.385. The van der Waals surface area contributed by atoms with Crippen molar-refractivity contribution in [3.05, 3.63) is 28.7 Å². The van der Waals surface area contributed by atoms with Crippen molar-refractivity contribution in [2.45, 2.75) is 18.9 Å². The number of amides is 1. The highest BCUT2D eigenvalue weighted by molar-refractivity contribution is 9.10. The van der Waals surface area contributed by atoms with Gasteiger partial charge in [0.25, 0.3) is 0 Å². The molecule has 1 fully saturated rings. The molecule has 2 rings (SSSR count). The van der Waals surface area contributed by atoms with Gasteiger partial charge in [0.05, 0.1) is 12.5 Å². The third-order valence-corrected chi connectivity index (χ3v) is 3.48. The minimum atomic E-state index is -0.388. The average molecular weight is 308 g/mol. The van der Waals surface area contributed by atoms with Crippen molar-refractivity contribution in [2.75, 3.05) is 18.0 Å². The maximum Gasteiger partial charge on any atom is 0.245 e. The number of nitrogens with one attached hydrogen (secondary N) is 1. The molecular formula is C13H14BrN3O. The second kappa shape index (κ2) is 5.98.